The van der Waals surface area contributed by atoms with E-state index in [1.807, 2.05) is 0 Å². The van der Waals surface area contributed by atoms with Crippen LogP contribution >= 0.6 is 0 Å². The van der Waals surface area contributed by atoms with Gasteiger partial charge >= 0.3 is 6.18 Å². The van der Waals surface area contributed by atoms with Crippen LogP contribution < -0.4 is 5.32 Å². The SMILES string of the molecule is O=C1CC(CCC2CC2)(C(F)(F)F)c2c(ccc(F)c2F)N1. The molecule has 1 unspecified atom stereocenters. The van der Waals surface area contributed by atoms with Crippen LogP contribution in [0.3, 0.4) is 0 Å². The van der Waals surface area contributed by atoms with E-state index in [1.165, 1.54) is 0 Å². The molecule has 1 aliphatic carbocycles. The van der Waals surface area contributed by atoms with Gasteiger partial charge in [-0.3, -0.25) is 4.79 Å². The van der Waals surface area contributed by atoms with E-state index >= 15 is 0 Å². The van der Waals surface area contributed by atoms with E-state index in [0.717, 1.165) is 25.0 Å². The molecule has 3 rings (SSSR count). The fourth-order valence-electron chi connectivity index (χ4n) is 3.13. The second kappa shape index (κ2) is 4.93. The van der Waals surface area contributed by atoms with Crippen molar-refractivity contribution >= 4 is 11.6 Å². The second-order valence-electron chi connectivity index (χ2n) is 6.07. The van der Waals surface area contributed by atoms with Crippen molar-refractivity contribution in [3.8, 4) is 0 Å². The Bertz CT molecular complexity index is 623. The van der Waals surface area contributed by atoms with Crippen LogP contribution in [0, 0.1) is 17.6 Å². The molecule has 1 aromatic rings. The number of carbonyl (C=O) groups is 1. The summed E-state index contributed by atoms with van der Waals surface area (Å²) in [5, 5.41) is 2.21. The zero-order valence-corrected chi connectivity index (χ0v) is 11.6. The Kier molecular flexibility index (Phi) is 3.41. The van der Waals surface area contributed by atoms with Gasteiger partial charge < -0.3 is 5.32 Å². The topological polar surface area (TPSA) is 29.1 Å². The second-order valence-corrected chi connectivity index (χ2v) is 6.07. The Morgan fingerprint density at radius 3 is 2.50 bits per heavy atom. The van der Waals surface area contributed by atoms with Crippen molar-refractivity contribution in [2.24, 2.45) is 5.92 Å². The number of amides is 1. The van der Waals surface area contributed by atoms with Crippen molar-refractivity contribution in [1.82, 2.24) is 0 Å². The van der Waals surface area contributed by atoms with Gasteiger partial charge in [-0.2, -0.15) is 13.2 Å². The molecule has 0 aromatic heterocycles. The van der Waals surface area contributed by atoms with Crippen LogP contribution in [-0.2, 0) is 10.2 Å². The van der Waals surface area contributed by atoms with E-state index in [1.54, 1.807) is 0 Å². The molecule has 1 N–H and O–H groups in total. The molecule has 0 spiro atoms. The molecule has 0 saturated heterocycles. The maximum absolute atomic E-state index is 14.1. The summed E-state index contributed by atoms with van der Waals surface area (Å²) in [6, 6.07) is 1.71. The van der Waals surface area contributed by atoms with Gasteiger partial charge in [0.05, 0.1) is 0 Å². The molecule has 1 amide bonds. The molecular weight excluding hydrogens is 305 g/mol. The number of carbonyl (C=O) groups excluding carboxylic acids is 1. The number of hydrogen-bond donors (Lipinski definition) is 1. The lowest BCUT2D eigenvalue weighted by atomic mass is 9.70. The van der Waals surface area contributed by atoms with Gasteiger partial charge in [-0.25, -0.2) is 8.78 Å². The highest BCUT2D eigenvalue weighted by molar-refractivity contribution is 5.95. The first-order valence-corrected chi connectivity index (χ1v) is 7.10. The molecule has 1 saturated carbocycles. The third-order valence-corrected chi connectivity index (χ3v) is 4.53. The molecule has 1 heterocycles. The lowest BCUT2D eigenvalue weighted by Gasteiger charge is -2.40. The smallest absolute Gasteiger partial charge is 0.326 e. The van der Waals surface area contributed by atoms with Crippen LogP contribution in [0.1, 0.15) is 37.7 Å². The van der Waals surface area contributed by atoms with Crippen molar-refractivity contribution in [1.29, 1.82) is 0 Å². The van der Waals surface area contributed by atoms with Crippen molar-refractivity contribution in [3.05, 3.63) is 29.3 Å². The molecular formula is C15H14F5NO. The van der Waals surface area contributed by atoms with E-state index in [2.05, 4.69) is 5.32 Å². The summed E-state index contributed by atoms with van der Waals surface area (Å²) in [7, 11) is 0. The summed E-state index contributed by atoms with van der Waals surface area (Å²) >= 11 is 0. The van der Waals surface area contributed by atoms with Gasteiger partial charge in [-0.05, 0) is 30.9 Å². The number of anilines is 1. The summed E-state index contributed by atoms with van der Waals surface area (Å²) in [6.45, 7) is 0. The van der Waals surface area contributed by atoms with E-state index < -0.39 is 47.5 Å². The highest BCUT2D eigenvalue weighted by atomic mass is 19.4. The first-order valence-electron chi connectivity index (χ1n) is 7.10. The normalized spacial score (nSPS) is 24.9. The number of nitrogens with one attached hydrogen (secondary N) is 1. The summed E-state index contributed by atoms with van der Waals surface area (Å²) in [5.74, 6) is -3.50. The fourth-order valence-corrected chi connectivity index (χ4v) is 3.13. The van der Waals surface area contributed by atoms with Crippen LogP contribution in [0.5, 0.6) is 0 Å². The Morgan fingerprint density at radius 2 is 1.91 bits per heavy atom. The van der Waals surface area contributed by atoms with Crippen molar-refractivity contribution in [3.63, 3.8) is 0 Å². The van der Waals surface area contributed by atoms with Gasteiger partial charge in [0.25, 0.3) is 0 Å². The van der Waals surface area contributed by atoms with E-state index in [-0.39, 0.29) is 18.0 Å². The van der Waals surface area contributed by atoms with E-state index in [0.29, 0.717) is 0 Å². The standard InChI is InChI=1S/C15H14F5NO/c16-9-3-4-10-12(13(9)17)14(15(18,19)20,7-11(22)21-10)6-5-8-1-2-8/h3-4,8H,1-2,5-7H2,(H,21,22). The zero-order valence-electron chi connectivity index (χ0n) is 11.6. The van der Waals surface area contributed by atoms with Crippen LogP contribution in [0.15, 0.2) is 12.1 Å². The average molecular weight is 319 g/mol. The molecule has 1 atom stereocenters. The summed E-state index contributed by atoms with van der Waals surface area (Å²) < 4.78 is 68.9. The first kappa shape index (κ1) is 15.2. The third kappa shape index (κ3) is 2.36. The largest absolute Gasteiger partial charge is 0.399 e. The van der Waals surface area contributed by atoms with Gasteiger partial charge in [-0.1, -0.05) is 12.8 Å². The summed E-state index contributed by atoms with van der Waals surface area (Å²) in [4.78, 5) is 11.7. The van der Waals surface area contributed by atoms with Gasteiger partial charge in [0.2, 0.25) is 5.91 Å². The van der Waals surface area contributed by atoms with Gasteiger partial charge in [0, 0.05) is 17.7 Å². The Labute approximate surface area is 123 Å². The minimum atomic E-state index is -4.83. The Hall–Kier alpha value is -1.66. The van der Waals surface area contributed by atoms with Gasteiger partial charge in [-0.15, -0.1) is 0 Å². The van der Waals surface area contributed by atoms with Crippen LogP contribution in [0.2, 0.25) is 0 Å². The number of halogens is 5. The predicted molar refractivity (Wildman–Crippen MR) is 69.3 cm³/mol. The van der Waals surface area contributed by atoms with E-state index in [9.17, 15) is 26.7 Å². The maximum atomic E-state index is 14.1. The summed E-state index contributed by atoms with van der Waals surface area (Å²) in [6.07, 6.45) is -4.19. The van der Waals surface area contributed by atoms with Crippen molar-refractivity contribution in [2.45, 2.75) is 43.7 Å². The zero-order chi connectivity index (χ0) is 16.1. The van der Waals surface area contributed by atoms with Crippen LogP contribution in [0.4, 0.5) is 27.6 Å². The lowest BCUT2D eigenvalue weighted by Crippen LogP contribution is -2.49. The molecule has 0 bridgehead atoms. The highest BCUT2D eigenvalue weighted by Gasteiger charge is 2.60. The van der Waals surface area contributed by atoms with Gasteiger partial charge in [0.1, 0.15) is 5.41 Å². The molecule has 0 radical (unpaired) electrons. The molecule has 1 aliphatic heterocycles. The molecule has 1 aromatic carbocycles. The summed E-state index contributed by atoms with van der Waals surface area (Å²) in [5.41, 5.74) is -3.71. The number of rotatable bonds is 3. The quantitative estimate of drug-likeness (QED) is 0.827. The minimum absolute atomic E-state index is 0.185. The minimum Gasteiger partial charge on any atom is -0.326 e. The first-order chi connectivity index (χ1) is 10.2. The van der Waals surface area contributed by atoms with Crippen LogP contribution in [-0.4, -0.2) is 12.1 Å². The molecule has 2 nitrogen and oxygen atoms in total. The number of benzene rings is 1. The molecule has 2 aliphatic rings. The lowest BCUT2D eigenvalue weighted by molar-refractivity contribution is -0.198. The molecule has 7 heteroatoms. The Morgan fingerprint density at radius 1 is 1.23 bits per heavy atom. The predicted octanol–water partition coefficient (Wildman–Crippen LogP) is 4.30. The molecule has 1 fully saturated rings. The fraction of sp³-hybridized carbons (Fsp3) is 0.533. The highest BCUT2D eigenvalue weighted by Crippen LogP contribution is 2.54. The van der Waals surface area contributed by atoms with E-state index in [4.69, 9.17) is 0 Å². The molecule has 120 valence electrons. The number of alkyl halides is 3. The average Bonchev–Trinajstić information content (AvgIpc) is 3.23. The third-order valence-electron chi connectivity index (χ3n) is 4.53. The van der Waals surface area contributed by atoms with Crippen molar-refractivity contribution < 1.29 is 26.7 Å². The van der Waals surface area contributed by atoms with Crippen molar-refractivity contribution in [2.75, 3.05) is 5.32 Å². The maximum Gasteiger partial charge on any atom is 0.399 e. The number of fused-ring (bicyclic) bond motifs is 1. The molecule has 22 heavy (non-hydrogen) atoms. The van der Waals surface area contributed by atoms with Crippen LogP contribution in [0.25, 0.3) is 0 Å². The van der Waals surface area contributed by atoms with Gasteiger partial charge in [0.15, 0.2) is 11.6 Å². The monoisotopic (exact) mass is 319 g/mol. The Balaban J connectivity index is 2.16. The number of hydrogen-bond acceptors (Lipinski definition) is 1.